The zero-order valence-corrected chi connectivity index (χ0v) is 15.7. The lowest BCUT2D eigenvalue weighted by atomic mass is 9.91. The van der Waals surface area contributed by atoms with E-state index in [4.69, 9.17) is 4.42 Å². The molecule has 1 aliphatic carbocycles. The number of hydrogen-bond acceptors (Lipinski definition) is 6. The van der Waals surface area contributed by atoms with Gasteiger partial charge in [-0.1, -0.05) is 22.0 Å². The highest BCUT2D eigenvalue weighted by Crippen LogP contribution is 2.47. The van der Waals surface area contributed by atoms with Crippen LogP contribution in [0.5, 0.6) is 0 Å². The van der Waals surface area contributed by atoms with Gasteiger partial charge in [0.25, 0.3) is 0 Å². The Morgan fingerprint density at radius 2 is 2.08 bits per heavy atom. The summed E-state index contributed by atoms with van der Waals surface area (Å²) in [4.78, 5) is 11.9. The van der Waals surface area contributed by atoms with Crippen LogP contribution in [0.1, 0.15) is 38.0 Å². The van der Waals surface area contributed by atoms with Gasteiger partial charge in [0.1, 0.15) is 5.78 Å². The quantitative estimate of drug-likeness (QED) is 0.765. The van der Waals surface area contributed by atoms with E-state index in [0.29, 0.717) is 23.2 Å². The van der Waals surface area contributed by atoms with Gasteiger partial charge in [0.05, 0.1) is 4.90 Å². The van der Waals surface area contributed by atoms with Gasteiger partial charge < -0.3 is 4.42 Å². The molecule has 1 aromatic heterocycles. The molecule has 0 saturated heterocycles. The van der Waals surface area contributed by atoms with Crippen LogP contribution in [0.15, 0.2) is 38.1 Å². The number of Topliss-reactive ketones (excluding diaryl/α,β-unsaturated/α-hetero) is 1. The van der Waals surface area contributed by atoms with Gasteiger partial charge >= 0.3 is 0 Å². The molecule has 2 atom stereocenters. The van der Waals surface area contributed by atoms with Crippen molar-refractivity contribution in [3.63, 3.8) is 0 Å². The fourth-order valence-corrected chi connectivity index (χ4v) is 5.70. The summed E-state index contributed by atoms with van der Waals surface area (Å²) in [5.41, 5.74) is 0. The van der Waals surface area contributed by atoms with Crippen LogP contribution in [-0.4, -0.2) is 24.4 Å². The zero-order chi connectivity index (χ0) is 17.5. The largest absolute Gasteiger partial charge is 0.424 e. The second-order valence-corrected chi connectivity index (χ2v) is 9.41. The third-order valence-corrected chi connectivity index (χ3v) is 7.63. The van der Waals surface area contributed by atoms with E-state index in [1.165, 1.54) is 0 Å². The molecule has 128 valence electrons. The Hall–Kier alpha value is -1.54. The lowest BCUT2D eigenvalue weighted by Crippen LogP contribution is -2.40. The van der Waals surface area contributed by atoms with E-state index >= 15 is 0 Å². The van der Waals surface area contributed by atoms with Crippen LogP contribution in [0.2, 0.25) is 0 Å². The maximum atomic E-state index is 13.4. The van der Waals surface area contributed by atoms with Gasteiger partial charge in [-0.3, -0.25) is 4.79 Å². The predicted octanol–water partition coefficient (Wildman–Crippen LogP) is 3.20. The first-order valence-electron chi connectivity index (χ1n) is 7.57. The summed E-state index contributed by atoms with van der Waals surface area (Å²) in [6.45, 7) is 3.20. The Morgan fingerprint density at radius 1 is 1.33 bits per heavy atom. The lowest BCUT2D eigenvalue weighted by molar-refractivity contribution is -0.117. The van der Waals surface area contributed by atoms with Crippen molar-refractivity contribution < 1.29 is 17.6 Å². The normalized spacial score (nSPS) is 21.0. The van der Waals surface area contributed by atoms with Crippen molar-refractivity contribution in [2.24, 2.45) is 5.92 Å². The van der Waals surface area contributed by atoms with Crippen LogP contribution in [-0.2, 0) is 19.4 Å². The van der Waals surface area contributed by atoms with Crippen molar-refractivity contribution >= 4 is 31.6 Å². The molecule has 0 aliphatic heterocycles. The summed E-state index contributed by atoms with van der Waals surface area (Å²) < 4.78 is 31.6. The van der Waals surface area contributed by atoms with E-state index in [-0.39, 0.29) is 23.0 Å². The monoisotopic (exact) mass is 412 g/mol. The summed E-state index contributed by atoms with van der Waals surface area (Å²) in [6, 6.07) is 6.51. The summed E-state index contributed by atoms with van der Waals surface area (Å²) in [6.07, 6.45) is 1.07. The zero-order valence-electron chi connectivity index (χ0n) is 13.3. The highest BCUT2D eigenvalue weighted by atomic mass is 79.9. The Balaban J connectivity index is 2.19. The minimum absolute atomic E-state index is 0.0414. The summed E-state index contributed by atoms with van der Waals surface area (Å²) >= 11 is 3.30. The number of rotatable bonds is 4. The van der Waals surface area contributed by atoms with Gasteiger partial charge in [0.15, 0.2) is 14.6 Å². The first-order valence-corrected chi connectivity index (χ1v) is 9.85. The van der Waals surface area contributed by atoms with E-state index < -0.39 is 20.5 Å². The summed E-state index contributed by atoms with van der Waals surface area (Å²) in [5, 5.41) is 7.78. The summed E-state index contributed by atoms with van der Waals surface area (Å²) in [7, 11) is -3.85. The molecule has 1 aromatic carbocycles. The number of aryl methyl sites for hydroxylation is 1. The molecule has 24 heavy (non-hydrogen) atoms. The molecule has 6 nitrogen and oxygen atoms in total. The van der Waals surface area contributed by atoms with E-state index in [0.717, 1.165) is 0 Å². The molecule has 0 N–H and O–H groups in total. The molecule has 8 heteroatoms. The third-order valence-electron chi connectivity index (χ3n) is 4.64. The number of aromatic nitrogens is 2. The summed E-state index contributed by atoms with van der Waals surface area (Å²) in [5.74, 6) is 0.00500. The number of nitrogens with zero attached hydrogens (tertiary/aromatic N) is 2. The molecule has 2 aromatic rings. The first kappa shape index (κ1) is 17.3. The number of sulfone groups is 1. The van der Waals surface area contributed by atoms with Crippen molar-refractivity contribution in [1.82, 2.24) is 10.2 Å². The first-order chi connectivity index (χ1) is 11.2. The van der Waals surface area contributed by atoms with Crippen LogP contribution in [0, 0.1) is 12.8 Å². The van der Waals surface area contributed by atoms with Gasteiger partial charge in [0, 0.05) is 24.2 Å². The molecule has 1 aliphatic rings. The number of ketones is 1. The Bertz CT molecular complexity index is 893. The SMILES string of the molecule is Cc1nnc(C(C)(C2CCC(=O)C2)S(=O)(=O)c2cccc(Br)c2)o1. The standard InChI is InChI=1S/C16H17BrN2O4S/c1-10-18-19-15(23-10)16(2,11-6-7-13(20)8-11)24(21,22)14-5-3-4-12(17)9-14/h3-5,9,11H,6-8H2,1-2H3. The van der Waals surface area contributed by atoms with Gasteiger partial charge in [-0.25, -0.2) is 8.42 Å². The van der Waals surface area contributed by atoms with Crippen molar-refractivity contribution in [3.8, 4) is 0 Å². The molecule has 0 amide bonds. The molecule has 2 unspecified atom stereocenters. The van der Waals surface area contributed by atoms with E-state index in [9.17, 15) is 13.2 Å². The predicted molar refractivity (Wildman–Crippen MR) is 90.1 cm³/mol. The van der Waals surface area contributed by atoms with E-state index in [1.807, 2.05) is 0 Å². The molecule has 0 bridgehead atoms. The topological polar surface area (TPSA) is 90.1 Å². The average molecular weight is 413 g/mol. The average Bonchev–Trinajstić information content (AvgIpc) is 3.15. The molecular formula is C16H17BrN2O4S. The molecule has 0 radical (unpaired) electrons. The Morgan fingerprint density at radius 3 is 2.62 bits per heavy atom. The van der Waals surface area contributed by atoms with Gasteiger partial charge in [-0.15, -0.1) is 10.2 Å². The number of halogens is 1. The van der Waals surface area contributed by atoms with Crippen LogP contribution >= 0.6 is 15.9 Å². The fraction of sp³-hybridized carbons (Fsp3) is 0.438. The lowest BCUT2D eigenvalue weighted by Gasteiger charge is -2.31. The smallest absolute Gasteiger partial charge is 0.238 e. The van der Waals surface area contributed by atoms with Gasteiger partial charge in [-0.2, -0.15) is 0 Å². The third kappa shape index (κ3) is 2.71. The molecule has 1 fully saturated rings. The second-order valence-electron chi connectivity index (χ2n) is 6.17. The maximum absolute atomic E-state index is 13.4. The van der Waals surface area contributed by atoms with Gasteiger partial charge in [0.2, 0.25) is 11.8 Å². The van der Waals surface area contributed by atoms with Crippen LogP contribution in [0.4, 0.5) is 0 Å². The minimum Gasteiger partial charge on any atom is -0.424 e. The molecule has 3 rings (SSSR count). The van der Waals surface area contributed by atoms with E-state index in [2.05, 4.69) is 26.1 Å². The van der Waals surface area contributed by atoms with Crippen LogP contribution in [0.3, 0.4) is 0 Å². The number of carbonyl (C=O) groups is 1. The van der Waals surface area contributed by atoms with Crippen molar-refractivity contribution in [1.29, 1.82) is 0 Å². The fourth-order valence-electron chi connectivity index (χ4n) is 3.17. The van der Waals surface area contributed by atoms with Crippen molar-refractivity contribution in [2.45, 2.75) is 42.8 Å². The minimum atomic E-state index is -3.85. The second kappa shape index (κ2) is 6.07. The molecular weight excluding hydrogens is 396 g/mol. The maximum Gasteiger partial charge on any atom is 0.238 e. The highest BCUT2D eigenvalue weighted by molar-refractivity contribution is 9.10. The van der Waals surface area contributed by atoms with E-state index in [1.54, 1.807) is 38.1 Å². The number of carbonyl (C=O) groups excluding carboxylic acids is 1. The van der Waals surface area contributed by atoms with Gasteiger partial charge in [-0.05, 0) is 37.5 Å². The number of benzene rings is 1. The Kier molecular flexibility index (Phi) is 4.37. The molecule has 1 saturated carbocycles. The van der Waals surface area contributed by atoms with Crippen molar-refractivity contribution in [3.05, 3.63) is 40.5 Å². The van der Waals surface area contributed by atoms with Crippen molar-refractivity contribution in [2.75, 3.05) is 0 Å². The molecule has 1 heterocycles. The number of hydrogen-bond donors (Lipinski definition) is 0. The highest BCUT2D eigenvalue weighted by Gasteiger charge is 2.54. The van der Waals surface area contributed by atoms with Crippen LogP contribution in [0.25, 0.3) is 0 Å². The Labute approximate surface area is 148 Å². The molecule has 0 spiro atoms. The van der Waals surface area contributed by atoms with Crippen LogP contribution < -0.4 is 0 Å².